The molecule has 0 radical (unpaired) electrons. The van der Waals surface area contributed by atoms with Crippen LogP contribution in [0.1, 0.15) is 25.5 Å². The van der Waals surface area contributed by atoms with Gasteiger partial charge in [0.05, 0.1) is 20.3 Å². The lowest BCUT2D eigenvalue weighted by Crippen LogP contribution is -2.39. The zero-order valence-electron chi connectivity index (χ0n) is 13.8. The molecule has 0 saturated heterocycles. The van der Waals surface area contributed by atoms with Crippen LogP contribution in [0.2, 0.25) is 0 Å². The molecule has 0 saturated carbocycles. The summed E-state index contributed by atoms with van der Waals surface area (Å²) >= 11 is 0. The Kier molecular flexibility index (Phi) is 7.50. The van der Waals surface area contributed by atoms with Gasteiger partial charge in [-0.1, -0.05) is 6.07 Å². The molecule has 0 heterocycles. The Balaban J connectivity index is 3.22. The van der Waals surface area contributed by atoms with Crippen molar-refractivity contribution in [2.45, 2.75) is 25.9 Å². The molecule has 0 aliphatic carbocycles. The van der Waals surface area contributed by atoms with Crippen LogP contribution in [0.15, 0.2) is 18.2 Å². The summed E-state index contributed by atoms with van der Waals surface area (Å²) in [7, 11) is 5.09. The maximum atomic E-state index is 6.16. The van der Waals surface area contributed by atoms with E-state index in [9.17, 15) is 0 Å². The minimum atomic E-state index is -0.115. The maximum Gasteiger partial charge on any atom is 0.125 e. The molecule has 21 heavy (non-hydrogen) atoms. The number of nitrogens with two attached hydrogens (primary N) is 1. The molecule has 0 bridgehead atoms. The van der Waals surface area contributed by atoms with Crippen LogP contribution in [0.4, 0.5) is 5.69 Å². The molecule has 1 aromatic rings. The molecular weight excluding hydrogens is 268 g/mol. The van der Waals surface area contributed by atoms with Crippen LogP contribution in [0.5, 0.6) is 5.75 Å². The van der Waals surface area contributed by atoms with Crippen LogP contribution in [0.25, 0.3) is 0 Å². The van der Waals surface area contributed by atoms with Gasteiger partial charge in [-0.2, -0.15) is 0 Å². The Bertz CT molecular complexity index is 424. The average Bonchev–Trinajstić information content (AvgIpc) is 2.47. The van der Waals surface area contributed by atoms with Gasteiger partial charge >= 0.3 is 0 Å². The first-order chi connectivity index (χ1) is 10.1. The number of nitrogens with zero attached hydrogens (tertiary/aromatic N) is 1. The predicted octanol–water partition coefficient (Wildman–Crippen LogP) is 2.20. The minimum absolute atomic E-state index is 0.115. The number of hydrogen-bond acceptors (Lipinski definition) is 5. The first-order valence-corrected chi connectivity index (χ1v) is 7.23. The lowest BCUT2D eigenvalue weighted by atomic mass is 10.0. The first-order valence-electron chi connectivity index (χ1n) is 7.23. The fourth-order valence-corrected chi connectivity index (χ4v) is 2.52. The van der Waals surface area contributed by atoms with Crippen molar-refractivity contribution in [2.24, 2.45) is 5.73 Å². The fraction of sp³-hybridized carbons (Fsp3) is 0.625. The van der Waals surface area contributed by atoms with E-state index in [1.807, 2.05) is 19.1 Å². The third kappa shape index (κ3) is 4.59. The molecule has 1 rings (SSSR count). The summed E-state index contributed by atoms with van der Waals surface area (Å²) in [4.78, 5) is 2.26. The molecule has 0 aliphatic heterocycles. The van der Waals surface area contributed by atoms with Gasteiger partial charge in [0, 0.05) is 44.1 Å². The Labute approximate surface area is 128 Å². The highest BCUT2D eigenvalue weighted by atomic mass is 16.5. The van der Waals surface area contributed by atoms with Gasteiger partial charge in [-0.25, -0.2) is 0 Å². The quantitative estimate of drug-likeness (QED) is 0.757. The Hall–Kier alpha value is -1.30. The molecule has 0 aromatic heterocycles. The fourth-order valence-electron chi connectivity index (χ4n) is 2.52. The smallest absolute Gasteiger partial charge is 0.125 e. The zero-order valence-corrected chi connectivity index (χ0v) is 13.8. The summed E-state index contributed by atoms with van der Waals surface area (Å²) in [5.74, 6) is 0.814. The standard InChI is InChI=1S/C16H28N2O3/c1-12(11-20-4)18(9-10-19-3)14-7-6-8-15(21-5)16(14)13(2)17/h6-8,12-13H,9-11,17H2,1-5H3/t12?,13-/m0/s1. The predicted molar refractivity (Wildman–Crippen MR) is 86.2 cm³/mol. The second kappa shape index (κ2) is 8.87. The van der Waals surface area contributed by atoms with Crippen molar-refractivity contribution in [2.75, 3.05) is 46.0 Å². The second-order valence-electron chi connectivity index (χ2n) is 5.17. The van der Waals surface area contributed by atoms with Crippen molar-refractivity contribution in [1.82, 2.24) is 0 Å². The van der Waals surface area contributed by atoms with Crippen LogP contribution >= 0.6 is 0 Å². The highest BCUT2D eigenvalue weighted by molar-refractivity contribution is 5.61. The third-order valence-electron chi connectivity index (χ3n) is 3.50. The van der Waals surface area contributed by atoms with Gasteiger partial charge in [-0.05, 0) is 26.0 Å². The van der Waals surface area contributed by atoms with E-state index in [0.717, 1.165) is 23.5 Å². The number of hydrogen-bond donors (Lipinski definition) is 1. The summed E-state index contributed by atoms with van der Waals surface area (Å²) in [5, 5.41) is 0. The van der Waals surface area contributed by atoms with Gasteiger partial charge in [-0.3, -0.25) is 0 Å². The van der Waals surface area contributed by atoms with Gasteiger partial charge in [-0.15, -0.1) is 0 Å². The molecule has 5 heteroatoms. The number of anilines is 1. The molecule has 0 amide bonds. The van der Waals surface area contributed by atoms with Crippen molar-refractivity contribution in [3.63, 3.8) is 0 Å². The van der Waals surface area contributed by atoms with Crippen molar-refractivity contribution < 1.29 is 14.2 Å². The molecule has 120 valence electrons. The maximum absolute atomic E-state index is 6.16. The van der Waals surface area contributed by atoms with E-state index in [1.54, 1.807) is 21.3 Å². The van der Waals surface area contributed by atoms with Crippen molar-refractivity contribution in [3.05, 3.63) is 23.8 Å². The summed E-state index contributed by atoms with van der Waals surface area (Å²) in [6.07, 6.45) is 0. The minimum Gasteiger partial charge on any atom is -0.496 e. The van der Waals surface area contributed by atoms with Crippen molar-refractivity contribution in [3.8, 4) is 5.75 Å². The van der Waals surface area contributed by atoms with Gasteiger partial charge in [0.15, 0.2) is 0 Å². The van der Waals surface area contributed by atoms with Gasteiger partial charge < -0.3 is 24.8 Å². The summed E-state index contributed by atoms with van der Waals surface area (Å²) in [6, 6.07) is 6.10. The highest BCUT2D eigenvalue weighted by Crippen LogP contribution is 2.34. The van der Waals surface area contributed by atoms with E-state index in [0.29, 0.717) is 13.2 Å². The Morgan fingerprint density at radius 3 is 2.38 bits per heavy atom. The summed E-state index contributed by atoms with van der Waals surface area (Å²) in [5.41, 5.74) is 8.25. The molecule has 1 aromatic carbocycles. The van der Waals surface area contributed by atoms with E-state index in [4.69, 9.17) is 19.9 Å². The number of methoxy groups -OCH3 is 3. The largest absolute Gasteiger partial charge is 0.496 e. The molecule has 0 fully saturated rings. The Morgan fingerprint density at radius 1 is 1.14 bits per heavy atom. The summed E-state index contributed by atoms with van der Waals surface area (Å²) < 4.78 is 16.0. The van der Waals surface area contributed by atoms with E-state index in [2.05, 4.69) is 17.9 Å². The van der Waals surface area contributed by atoms with Crippen LogP contribution in [0.3, 0.4) is 0 Å². The van der Waals surface area contributed by atoms with Crippen molar-refractivity contribution >= 4 is 5.69 Å². The van der Waals surface area contributed by atoms with Gasteiger partial charge in [0.1, 0.15) is 5.75 Å². The number of ether oxygens (including phenoxy) is 3. The van der Waals surface area contributed by atoms with Gasteiger partial charge in [0.25, 0.3) is 0 Å². The normalized spacial score (nSPS) is 13.8. The van der Waals surface area contributed by atoms with Crippen LogP contribution in [0, 0.1) is 0 Å². The molecule has 5 nitrogen and oxygen atoms in total. The topological polar surface area (TPSA) is 57.0 Å². The SMILES string of the molecule is COCCN(c1cccc(OC)c1[C@H](C)N)C(C)COC. The number of benzene rings is 1. The third-order valence-corrected chi connectivity index (χ3v) is 3.50. The van der Waals surface area contributed by atoms with Crippen LogP contribution in [-0.2, 0) is 9.47 Å². The molecule has 0 spiro atoms. The number of rotatable bonds is 9. The molecule has 0 aliphatic rings. The van der Waals surface area contributed by atoms with E-state index in [-0.39, 0.29) is 12.1 Å². The Morgan fingerprint density at radius 2 is 1.86 bits per heavy atom. The highest BCUT2D eigenvalue weighted by Gasteiger charge is 2.21. The summed E-state index contributed by atoms with van der Waals surface area (Å²) in [6.45, 7) is 6.15. The zero-order chi connectivity index (χ0) is 15.8. The van der Waals surface area contributed by atoms with Crippen LogP contribution in [-0.4, -0.2) is 47.1 Å². The lowest BCUT2D eigenvalue weighted by molar-refractivity contribution is 0.171. The monoisotopic (exact) mass is 296 g/mol. The molecule has 2 N–H and O–H groups in total. The second-order valence-corrected chi connectivity index (χ2v) is 5.17. The average molecular weight is 296 g/mol. The lowest BCUT2D eigenvalue weighted by Gasteiger charge is -2.33. The van der Waals surface area contributed by atoms with E-state index < -0.39 is 0 Å². The van der Waals surface area contributed by atoms with Crippen LogP contribution < -0.4 is 15.4 Å². The van der Waals surface area contributed by atoms with Gasteiger partial charge in [0.2, 0.25) is 0 Å². The first kappa shape index (κ1) is 17.8. The molecule has 2 atom stereocenters. The van der Waals surface area contributed by atoms with E-state index >= 15 is 0 Å². The molecule has 1 unspecified atom stereocenters. The van der Waals surface area contributed by atoms with E-state index in [1.165, 1.54) is 0 Å². The van der Waals surface area contributed by atoms with Crippen molar-refractivity contribution in [1.29, 1.82) is 0 Å². The molecular formula is C16H28N2O3.